The normalized spacial score (nSPS) is 10.6. The van der Waals surface area contributed by atoms with Crippen LogP contribution in [-0.2, 0) is 0 Å². The van der Waals surface area contributed by atoms with Crippen molar-refractivity contribution < 1.29 is 4.39 Å². The monoisotopic (exact) mass is 195 g/mol. The van der Waals surface area contributed by atoms with Crippen molar-refractivity contribution in [3.63, 3.8) is 0 Å². The first kappa shape index (κ1) is 8.26. The summed E-state index contributed by atoms with van der Waals surface area (Å²) in [5.41, 5.74) is 5.45. The average molecular weight is 196 g/mol. The molecule has 4 heteroatoms. The Morgan fingerprint density at radius 1 is 1.54 bits per heavy atom. The Morgan fingerprint density at radius 2 is 2.31 bits per heavy atom. The van der Waals surface area contributed by atoms with E-state index in [0.717, 1.165) is 5.39 Å². The molecule has 0 fully saturated rings. The second-order valence-corrected chi connectivity index (χ2v) is 2.99. The lowest BCUT2D eigenvalue weighted by Gasteiger charge is -2.00. The van der Waals surface area contributed by atoms with Crippen LogP contribution in [0.4, 0.5) is 10.2 Å². The molecule has 0 saturated carbocycles. The average Bonchev–Trinajstić information content (AvgIpc) is 2.12. The van der Waals surface area contributed by atoms with Gasteiger partial charge in [-0.05, 0) is 17.5 Å². The largest absolute Gasteiger partial charge is 0.384 e. The van der Waals surface area contributed by atoms with Crippen molar-refractivity contribution in [1.29, 1.82) is 0 Å². The number of anilines is 1. The van der Waals surface area contributed by atoms with Gasteiger partial charge in [0, 0.05) is 17.6 Å². The number of hydrogen-bond donors (Lipinski definition) is 1. The molecule has 2 N–H and O–H groups in total. The molecule has 65 valence electrons. The van der Waals surface area contributed by atoms with Crippen LogP contribution >= 0.6 is 11.6 Å². The molecule has 0 amide bonds. The van der Waals surface area contributed by atoms with Crippen LogP contribution in [0, 0.1) is 11.9 Å². The van der Waals surface area contributed by atoms with Crippen LogP contribution in [0.2, 0.25) is 5.02 Å². The Morgan fingerprint density at radius 3 is 3.08 bits per heavy atom. The maximum absolute atomic E-state index is 12.9. The molecule has 0 unspecified atom stereocenters. The smallest absolute Gasteiger partial charge is 0.150 e. The standard InChI is InChI=1S/C9H5ClFN2/c10-9-6-4-13-8(12)3-5(6)1-2-7(9)11/h1,3-4H,(H2,12,13). The third-order valence-corrected chi connectivity index (χ3v) is 2.11. The van der Waals surface area contributed by atoms with Gasteiger partial charge in [0.05, 0.1) is 5.02 Å². The van der Waals surface area contributed by atoms with Gasteiger partial charge in [0.1, 0.15) is 11.6 Å². The van der Waals surface area contributed by atoms with E-state index in [2.05, 4.69) is 11.1 Å². The number of hydrogen-bond acceptors (Lipinski definition) is 2. The highest BCUT2D eigenvalue weighted by Crippen LogP contribution is 2.25. The maximum atomic E-state index is 12.9. The molecule has 2 rings (SSSR count). The summed E-state index contributed by atoms with van der Waals surface area (Å²) < 4.78 is 12.9. The third-order valence-electron chi connectivity index (χ3n) is 1.74. The highest BCUT2D eigenvalue weighted by Gasteiger charge is 2.05. The first-order valence-corrected chi connectivity index (χ1v) is 3.97. The number of pyridine rings is 1. The molecular weight excluding hydrogens is 191 g/mol. The summed E-state index contributed by atoms with van der Waals surface area (Å²) in [6.07, 6.45) is 1.45. The first-order chi connectivity index (χ1) is 6.18. The topological polar surface area (TPSA) is 38.9 Å². The van der Waals surface area contributed by atoms with Crippen LogP contribution in [0.3, 0.4) is 0 Å². The number of nitrogens with two attached hydrogens (primary N) is 1. The lowest BCUT2D eigenvalue weighted by molar-refractivity contribution is 0.628. The Kier molecular flexibility index (Phi) is 1.81. The quantitative estimate of drug-likeness (QED) is 0.701. The summed E-state index contributed by atoms with van der Waals surface area (Å²) in [5, 5.41) is 1.32. The summed E-state index contributed by atoms with van der Waals surface area (Å²) in [6, 6.07) is 5.50. The van der Waals surface area contributed by atoms with Crippen molar-refractivity contribution in [2.24, 2.45) is 0 Å². The van der Waals surface area contributed by atoms with Crippen molar-refractivity contribution >= 4 is 28.2 Å². The fourth-order valence-corrected chi connectivity index (χ4v) is 1.33. The van der Waals surface area contributed by atoms with Crippen molar-refractivity contribution in [2.45, 2.75) is 0 Å². The van der Waals surface area contributed by atoms with Gasteiger partial charge in [0.2, 0.25) is 0 Å². The number of benzene rings is 1. The van der Waals surface area contributed by atoms with E-state index in [-0.39, 0.29) is 5.02 Å². The first-order valence-electron chi connectivity index (χ1n) is 3.59. The molecule has 0 aliphatic heterocycles. The van der Waals surface area contributed by atoms with Crippen LogP contribution in [0.1, 0.15) is 0 Å². The minimum absolute atomic E-state index is 0.0324. The van der Waals surface area contributed by atoms with Crippen LogP contribution in [-0.4, -0.2) is 4.98 Å². The van der Waals surface area contributed by atoms with Crippen LogP contribution < -0.4 is 5.73 Å². The highest BCUT2D eigenvalue weighted by atomic mass is 35.5. The molecule has 13 heavy (non-hydrogen) atoms. The number of fused-ring (bicyclic) bond motifs is 1. The molecule has 1 aromatic carbocycles. The van der Waals surface area contributed by atoms with E-state index in [1.165, 1.54) is 12.3 Å². The van der Waals surface area contributed by atoms with Crippen LogP contribution in [0.5, 0.6) is 0 Å². The van der Waals surface area contributed by atoms with Gasteiger partial charge in [-0.1, -0.05) is 11.6 Å². The summed E-state index contributed by atoms with van der Waals surface area (Å²) in [6.45, 7) is 0. The molecule has 0 aliphatic rings. The molecule has 2 nitrogen and oxygen atoms in total. The third kappa shape index (κ3) is 1.31. The van der Waals surface area contributed by atoms with E-state index >= 15 is 0 Å². The van der Waals surface area contributed by atoms with E-state index in [4.69, 9.17) is 17.3 Å². The van der Waals surface area contributed by atoms with Gasteiger partial charge in [-0.2, -0.15) is 0 Å². The molecule has 1 radical (unpaired) electrons. The van der Waals surface area contributed by atoms with E-state index in [9.17, 15) is 4.39 Å². The minimum atomic E-state index is -0.569. The van der Waals surface area contributed by atoms with Crippen LogP contribution in [0.25, 0.3) is 10.8 Å². The van der Waals surface area contributed by atoms with Crippen molar-refractivity contribution in [3.8, 4) is 0 Å². The lowest BCUT2D eigenvalue weighted by Crippen LogP contribution is -1.90. The molecule has 0 spiro atoms. The molecule has 0 aliphatic carbocycles. The lowest BCUT2D eigenvalue weighted by atomic mass is 10.2. The second-order valence-electron chi connectivity index (χ2n) is 2.61. The van der Waals surface area contributed by atoms with Crippen LogP contribution in [0.15, 0.2) is 18.3 Å². The van der Waals surface area contributed by atoms with Gasteiger partial charge in [0.15, 0.2) is 0 Å². The van der Waals surface area contributed by atoms with Crippen molar-refractivity contribution in [1.82, 2.24) is 4.98 Å². The molecular formula is C9H5ClFN2. The highest BCUT2D eigenvalue weighted by molar-refractivity contribution is 6.35. The maximum Gasteiger partial charge on any atom is 0.150 e. The zero-order valence-electron chi connectivity index (χ0n) is 6.51. The predicted molar refractivity (Wildman–Crippen MR) is 50.0 cm³/mol. The van der Waals surface area contributed by atoms with Gasteiger partial charge in [-0.15, -0.1) is 0 Å². The Balaban J connectivity index is 2.87. The fraction of sp³-hybridized carbons (Fsp3) is 0. The van der Waals surface area contributed by atoms with E-state index in [1.807, 2.05) is 0 Å². The van der Waals surface area contributed by atoms with Crippen molar-refractivity contribution in [3.05, 3.63) is 35.2 Å². The Hall–Kier alpha value is -1.35. The molecule has 1 aromatic heterocycles. The number of nitrogens with zero attached hydrogens (tertiary/aromatic N) is 1. The molecule has 0 saturated heterocycles. The number of rotatable bonds is 0. The summed E-state index contributed by atoms with van der Waals surface area (Å²) >= 11 is 5.69. The molecule has 0 bridgehead atoms. The number of nitrogen functional groups attached to an aromatic ring is 1. The van der Waals surface area contributed by atoms with Gasteiger partial charge < -0.3 is 5.73 Å². The van der Waals surface area contributed by atoms with E-state index in [0.29, 0.717) is 11.2 Å². The molecule has 0 atom stereocenters. The molecule has 1 heterocycles. The summed E-state index contributed by atoms with van der Waals surface area (Å²) in [4.78, 5) is 3.82. The fourth-order valence-electron chi connectivity index (χ4n) is 1.11. The molecule has 2 aromatic rings. The van der Waals surface area contributed by atoms with Gasteiger partial charge >= 0.3 is 0 Å². The van der Waals surface area contributed by atoms with Crippen molar-refractivity contribution in [2.75, 3.05) is 5.73 Å². The zero-order chi connectivity index (χ0) is 9.42. The number of halogens is 2. The van der Waals surface area contributed by atoms with E-state index in [1.54, 1.807) is 6.07 Å². The van der Waals surface area contributed by atoms with Gasteiger partial charge in [0.25, 0.3) is 0 Å². The number of aromatic nitrogens is 1. The zero-order valence-corrected chi connectivity index (χ0v) is 7.27. The minimum Gasteiger partial charge on any atom is -0.384 e. The SMILES string of the molecule is Nc1cc2c[c]c(F)c(Cl)c2cn1. The second kappa shape index (κ2) is 2.85. The Labute approximate surface area is 79.1 Å². The Bertz CT molecular complexity index is 470. The van der Waals surface area contributed by atoms with Gasteiger partial charge in [-0.3, -0.25) is 0 Å². The predicted octanol–water partition coefficient (Wildman–Crippen LogP) is 2.41. The van der Waals surface area contributed by atoms with E-state index < -0.39 is 5.82 Å². The summed E-state index contributed by atoms with van der Waals surface area (Å²) in [7, 11) is 0. The summed E-state index contributed by atoms with van der Waals surface area (Å²) in [5.74, 6) is -0.190. The van der Waals surface area contributed by atoms with Gasteiger partial charge in [-0.25, -0.2) is 9.37 Å².